The summed E-state index contributed by atoms with van der Waals surface area (Å²) in [6.45, 7) is 2.06. The number of halogens is 1. The highest BCUT2D eigenvalue weighted by molar-refractivity contribution is 9.10. The Morgan fingerprint density at radius 2 is 2.04 bits per heavy atom. The molecule has 2 N–H and O–H groups in total. The van der Waals surface area contributed by atoms with E-state index in [9.17, 15) is 9.90 Å². The molecule has 2 rings (SSSR count). The molecule has 0 heterocycles. The molecule has 0 unspecified atom stereocenters. The molecule has 7 nitrogen and oxygen atoms in total. The first kappa shape index (κ1) is 19.6. The molecular formula is C18H19BrN2O5. The SMILES string of the molecule is CCOc1cc(/C=N/NC(=O)COc2ccc(OC)cc2Br)ccc1O. The third-order valence-corrected chi connectivity index (χ3v) is 3.80. The van der Waals surface area contributed by atoms with Gasteiger partial charge in [0.1, 0.15) is 11.5 Å². The standard InChI is InChI=1S/C18H19BrN2O5/c1-3-25-17-8-12(4-6-15(17)22)10-20-21-18(23)11-26-16-7-5-13(24-2)9-14(16)19/h4-10,22H,3,11H2,1-2H3,(H,21,23)/b20-10+. The molecule has 2 aromatic rings. The third kappa shape index (κ3) is 5.66. The second kappa shape index (κ2) is 9.67. The number of carbonyl (C=O) groups excluding carboxylic acids is 1. The number of rotatable bonds is 8. The molecular weight excluding hydrogens is 404 g/mol. The molecule has 1 amide bonds. The highest BCUT2D eigenvalue weighted by Crippen LogP contribution is 2.29. The van der Waals surface area contributed by atoms with E-state index < -0.39 is 5.91 Å². The van der Waals surface area contributed by atoms with Gasteiger partial charge in [0.2, 0.25) is 0 Å². The van der Waals surface area contributed by atoms with Crippen molar-refractivity contribution in [1.29, 1.82) is 0 Å². The van der Waals surface area contributed by atoms with E-state index >= 15 is 0 Å². The number of amides is 1. The van der Waals surface area contributed by atoms with Crippen molar-refractivity contribution in [1.82, 2.24) is 5.43 Å². The molecule has 138 valence electrons. The van der Waals surface area contributed by atoms with Crippen LogP contribution in [0.3, 0.4) is 0 Å². The van der Waals surface area contributed by atoms with Crippen LogP contribution < -0.4 is 19.6 Å². The summed E-state index contributed by atoms with van der Waals surface area (Å²) < 4.78 is 16.5. The summed E-state index contributed by atoms with van der Waals surface area (Å²) in [5.74, 6) is 1.19. The van der Waals surface area contributed by atoms with E-state index in [1.54, 1.807) is 37.4 Å². The van der Waals surface area contributed by atoms with Crippen LogP contribution in [0.2, 0.25) is 0 Å². The van der Waals surface area contributed by atoms with E-state index in [0.29, 0.717) is 33.9 Å². The van der Waals surface area contributed by atoms with Crippen molar-refractivity contribution < 1.29 is 24.1 Å². The fraction of sp³-hybridized carbons (Fsp3) is 0.222. The molecule has 0 spiro atoms. The van der Waals surface area contributed by atoms with Crippen LogP contribution in [0.25, 0.3) is 0 Å². The number of hydrogen-bond acceptors (Lipinski definition) is 6. The number of phenolic OH excluding ortho intramolecular Hbond substituents is 1. The summed E-state index contributed by atoms with van der Waals surface area (Å²) in [5, 5.41) is 13.5. The number of hydrazone groups is 1. The van der Waals surface area contributed by atoms with E-state index in [0.717, 1.165) is 0 Å². The number of phenols is 1. The lowest BCUT2D eigenvalue weighted by atomic mass is 10.2. The first-order valence-electron chi connectivity index (χ1n) is 7.77. The Morgan fingerprint density at radius 1 is 1.23 bits per heavy atom. The summed E-state index contributed by atoms with van der Waals surface area (Å²) in [6, 6.07) is 9.95. The molecule has 0 aliphatic rings. The first-order valence-corrected chi connectivity index (χ1v) is 8.56. The molecule has 0 bridgehead atoms. The van der Waals surface area contributed by atoms with Crippen molar-refractivity contribution in [2.75, 3.05) is 20.3 Å². The molecule has 0 saturated heterocycles. The van der Waals surface area contributed by atoms with Crippen LogP contribution in [0.1, 0.15) is 12.5 Å². The number of benzene rings is 2. The molecule has 26 heavy (non-hydrogen) atoms. The second-order valence-electron chi connectivity index (χ2n) is 5.04. The largest absolute Gasteiger partial charge is 0.504 e. The maximum Gasteiger partial charge on any atom is 0.277 e. The minimum Gasteiger partial charge on any atom is -0.504 e. The van der Waals surface area contributed by atoms with Crippen LogP contribution in [0.5, 0.6) is 23.0 Å². The van der Waals surface area contributed by atoms with Crippen LogP contribution in [-0.4, -0.2) is 37.6 Å². The normalized spacial score (nSPS) is 10.6. The Kier molecular flexibility index (Phi) is 7.28. The molecule has 2 aromatic carbocycles. The number of ether oxygens (including phenoxy) is 3. The van der Waals surface area contributed by atoms with Crippen molar-refractivity contribution in [2.24, 2.45) is 5.10 Å². The second-order valence-corrected chi connectivity index (χ2v) is 5.89. The van der Waals surface area contributed by atoms with Gasteiger partial charge in [-0.3, -0.25) is 4.79 Å². The van der Waals surface area contributed by atoms with Gasteiger partial charge >= 0.3 is 0 Å². The summed E-state index contributed by atoms with van der Waals surface area (Å²) in [7, 11) is 1.57. The summed E-state index contributed by atoms with van der Waals surface area (Å²) in [6.07, 6.45) is 1.45. The van der Waals surface area contributed by atoms with Crippen molar-refractivity contribution in [3.63, 3.8) is 0 Å². The van der Waals surface area contributed by atoms with Gasteiger partial charge in [-0.15, -0.1) is 0 Å². The Labute approximate surface area is 159 Å². The lowest BCUT2D eigenvalue weighted by Gasteiger charge is -2.08. The Hall–Kier alpha value is -2.74. The molecule has 0 fully saturated rings. The number of aromatic hydroxyl groups is 1. The van der Waals surface area contributed by atoms with E-state index in [-0.39, 0.29) is 12.4 Å². The average Bonchev–Trinajstić information content (AvgIpc) is 2.63. The number of nitrogens with one attached hydrogen (secondary N) is 1. The van der Waals surface area contributed by atoms with Gasteiger partial charge < -0.3 is 19.3 Å². The third-order valence-electron chi connectivity index (χ3n) is 3.18. The highest BCUT2D eigenvalue weighted by Gasteiger charge is 2.06. The van der Waals surface area contributed by atoms with Crippen molar-refractivity contribution in [3.8, 4) is 23.0 Å². The van der Waals surface area contributed by atoms with E-state index in [1.165, 1.54) is 12.3 Å². The minimum atomic E-state index is -0.409. The fourth-order valence-corrected chi connectivity index (χ4v) is 2.43. The van der Waals surface area contributed by atoms with Crippen LogP contribution in [0.4, 0.5) is 0 Å². The van der Waals surface area contributed by atoms with Crippen LogP contribution in [-0.2, 0) is 4.79 Å². The van der Waals surface area contributed by atoms with Crippen LogP contribution in [0, 0.1) is 0 Å². The van der Waals surface area contributed by atoms with E-state index in [2.05, 4.69) is 26.5 Å². The van der Waals surface area contributed by atoms with Crippen molar-refractivity contribution in [2.45, 2.75) is 6.92 Å². The maximum atomic E-state index is 11.8. The number of hydrogen-bond donors (Lipinski definition) is 2. The van der Waals surface area contributed by atoms with Crippen molar-refractivity contribution >= 4 is 28.1 Å². The Balaban J connectivity index is 1.87. The van der Waals surface area contributed by atoms with Gasteiger partial charge in [0.25, 0.3) is 5.91 Å². The summed E-state index contributed by atoms with van der Waals surface area (Å²) >= 11 is 3.35. The molecule has 0 aliphatic heterocycles. The summed E-state index contributed by atoms with van der Waals surface area (Å²) in [5.41, 5.74) is 3.04. The Morgan fingerprint density at radius 3 is 2.73 bits per heavy atom. The van der Waals surface area contributed by atoms with Gasteiger partial charge in [-0.05, 0) is 64.8 Å². The summed E-state index contributed by atoms with van der Waals surface area (Å²) in [4.78, 5) is 11.8. The average molecular weight is 423 g/mol. The van der Waals surface area contributed by atoms with E-state index in [4.69, 9.17) is 14.2 Å². The molecule has 0 saturated carbocycles. The minimum absolute atomic E-state index is 0.0477. The van der Waals surface area contributed by atoms with Gasteiger partial charge in [0.15, 0.2) is 18.1 Å². The number of carbonyl (C=O) groups is 1. The quantitative estimate of drug-likeness (QED) is 0.503. The van der Waals surface area contributed by atoms with Crippen LogP contribution >= 0.6 is 15.9 Å². The predicted octanol–water partition coefficient (Wildman–Crippen LogP) is 3.09. The van der Waals surface area contributed by atoms with Gasteiger partial charge in [0.05, 0.1) is 24.4 Å². The zero-order valence-electron chi connectivity index (χ0n) is 14.4. The maximum absolute atomic E-state index is 11.8. The predicted molar refractivity (Wildman–Crippen MR) is 101 cm³/mol. The molecule has 0 atom stereocenters. The smallest absolute Gasteiger partial charge is 0.277 e. The fourth-order valence-electron chi connectivity index (χ4n) is 1.96. The number of nitrogens with zero attached hydrogens (tertiary/aromatic N) is 1. The molecule has 8 heteroatoms. The van der Waals surface area contributed by atoms with E-state index in [1.807, 2.05) is 6.92 Å². The zero-order chi connectivity index (χ0) is 18.9. The molecule has 0 aliphatic carbocycles. The number of methoxy groups -OCH3 is 1. The Bertz CT molecular complexity index is 795. The van der Waals surface area contributed by atoms with Gasteiger partial charge in [-0.25, -0.2) is 5.43 Å². The van der Waals surface area contributed by atoms with Gasteiger partial charge in [-0.1, -0.05) is 0 Å². The molecule has 0 aromatic heterocycles. The lowest BCUT2D eigenvalue weighted by Crippen LogP contribution is -2.24. The lowest BCUT2D eigenvalue weighted by molar-refractivity contribution is -0.123. The highest BCUT2D eigenvalue weighted by atomic mass is 79.9. The zero-order valence-corrected chi connectivity index (χ0v) is 15.9. The van der Waals surface area contributed by atoms with Gasteiger partial charge in [-0.2, -0.15) is 5.10 Å². The monoisotopic (exact) mass is 422 g/mol. The van der Waals surface area contributed by atoms with Crippen molar-refractivity contribution in [3.05, 3.63) is 46.4 Å². The van der Waals surface area contributed by atoms with Gasteiger partial charge in [0, 0.05) is 0 Å². The van der Waals surface area contributed by atoms with Crippen LogP contribution in [0.15, 0.2) is 46.0 Å². The first-order chi connectivity index (χ1) is 12.5. The molecule has 0 radical (unpaired) electrons. The topological polar surface area (TPSA) is 89.4 Å².